The van der Waals surface area contributed by atoms with Crippen molar-refractivity contribution in [2.24, 2.45) is 5.11 Å². The molecule has 0 spiro atoms. The maximum atomic E-state index is 12.4. The Bertz CT molecular complexity index is 625. The first-order valence-electron chi connectivity index (χ1n) is 5.21. The lowest BCUT2D eigenvalue weighted by Gasteiger charge is -2.06. The minimum Gasteiger partial charge on any atom is -0.258 e. The minimum atomic E-state index is -4.65. The summed E-state index contributed by atoms with van der Waals surface area (Å²) >= 11 is 0. The molecule has 0 amide bonds. The normalized spacial score (nSPS) is 10.2. The van der Waals surface area contributed by atoms with Crippen molar-refractivity contribution in [1.82, 2.24) is 0 Å². The third kappa shape index (κ3) is 4.19. The van der Waals surface area contributed by atoms with Gasteiger partial charge in [0.05, 0.1) is 10.5 Å². The molecule has 0 unspecified atom stereocenters. The van der Waals surface area contributed by atoms with Gasteiger partial charge >= 0.3 is 6.18 Å². The topological polar surface area (TPSA) is 91.9 Å². The van der Waals surface area contributed by atoms with Crippen LogP contribution in [0.3, 0.4) is 0 Å². The van der Waals surface area contributed by atoms with Crippen LogP contribution in [-0.2, 0) is 6.18 Å². The highest BCUT2D eigenvalue weighted by Crippen LogP contribution is 2.32. The van der Waals surface area contributed by atoms with E-state index in [-0.39, 0.29) is 18.5 Å². The number of hydrogen-bond acceptors (Lipinski definition) is 3. The van der Waals surface area contributed by atoms with Crippen LogP contribution in [0, 0.1) is 22.0 Å². The minimum absolute atomic E-state index is 0.0813. The monoisotopic (exact) mass is 284 g/mol. The van der Waals surface area contributed by atoms with Gasteiger partial charge in [0, 0.05) is 23.9 Å². The van der Waals surface area contributed by atoms with Crippen LogP contribution < -0.4 is 0 Å². The summed E-state index contributed by atoms with van der Waals surface area (Å²) in [5.41, 5.74) is 6.08. The van der Waals surface area contributed by atoms with Crippen molar-refractivity contribution in [3.63, 3.8) is 0 Å². The first kappa shape index (κ1) is 15.3. The maximum Gasteiger partial charge on any atom is 0.416 e. The van der Waals surface area contributed by atoms with Gasteiger partial charge in [0.1, 0.15) is 5.56 Å². The summed E-state index contributed by atoms with van der Waals surface area (Å²) in [6.45, 7) is 0.0813. The summed E-state index contributed by atoms with van der Waals surface area (Å²) < 4.78 is 37.3. The molecule has 9 heteroatoms. The van der Waals surface area contributed by atoms with Gasteiger partial charge in [-0.3, -0.25) is 10.1 Å². The van der Waals surface area contributed by atoms with E-state index in [4.69, 9.17) is 5.53 Å². The van der Waals surface area contributed by atoms with E-state index in [9.17, 15) is 23.3 Å². The van der Waals surface area contributed by atoms with Gasteiger partial charge in [-0.05, 0) is 17.7 Å². The molecule has 0 atom stereocenters. The van der Waals surface area contributed by atoms with Crippen molar-refractivity contribution in [2.45, 2.75) is 12.6 Å². The lowest BCUT2D eigenvalue weighted by Crippen LogP contribution is -2.06. The first-order valence-corrected chi connectivity index (χ1v) is 5.21. The number of halogens is 3. The summed E-state index contributed by atoms with van der Waals surface area (Å²) in [6, 6.07) is 2.11. The Balaban J connectivity index is 3.08. The smallest absolute Gasteiger partial charge is 0.258 e. The second kappa shape index (κ2) is 6.45. The molecular weight excluding hydrogens is 277 g/mol. The van der Waals surface area contributed by atoms with E-state index in [1.165, 1.54) is 0 Å². The Labute approximate surface area is 111 Å². The molecule has 0 aliphatic rings. The fourth-order valence-electron chi connectivity index (χ4n) is 1.27. The molecule has 0 aliphatic carbocycles. The molecule has 0 radical (unpaired) electrons. The van der Waals surface area contributed by atoms with Crippen LogP contribution in [0.15, 0.2) is 23.3 Å². The standard InChI is InChI=1S/C11H7F3N4O2/c12-11(13,14)9-5-4-8(10(7-9)18(19)20)3-1-2-6-16-17-15/h4-5,7H,2,6H2. The van der Waals surface area contributed by atoms with Gasteiger partial charge in [-0.1, -0.05) is 17.0 Å². The number of alkyl halides is 3. The highest BCUT2D eigenvalue weighted by molar-refractivity contribution is 5.53. The second-order valence-electron chi connectivity index (χ2n) is 3.49. The van der Waals surface area contributed by atoms with Gasteiger partial charge in [-0.25, -0.2) is 0 Å². The van der Waals surface area contributed by atoms with Gasteiger partial charge in [-0.15, -0.1) is 0 Å². The number of nitro groups is 1. The summed E-state index contributed by atoms with van der Waals surface area (Å²) in [7, 11) is 0. The molecule has 0 saturated carbocycles. The van der Waals surface area contributed by atoms with Crippen molar-refractivity contribution in [3.05, 3.63) is 49.9 Å². The highest BCUT2D eigenvalue weighted by Gasteiger charge is 2.32. The summed E-state index contributed by atoms with van der Waals surface area (Å²) in [4.78, 5) is 12.3. The average Bonchev–Trinajstić information content (AvgIpc) is 2.37. The molecule has 1 aromatic rings. The Morgan fingerprint density at radius 1 is 1.45 bits per heavy atom. The van der Waals surface area contributed by atoms with Crippen LogP contribution in [0.1, 0.15) is 17.5 Å². The molecule has 0 N–H and O–H groups in total. The van der Waals surface area contributed by atoms with Crippen LogP contribution in [0.2, 0.25) is 0 Å². The summed E-state index contributed by atoms with van der Waals surface area (Å²) in [6.07, 6.45) is -4.50. The quantitative estimate of drug-likeness (QED) is 0.161. The van der Waals surface area contributed by atoms with Gasteiger partial charge in [-0.2, -0.15) is 13.2 Å². The van der Waals surface area contributed by atoms with Crippen LogP contribution in [-0.4, -0.2) is 11.5 Å². The zero-order valence-corrected chi connectivity index (χ0v) is 9.89. The van der Waals surface area contributed by atoms with Gasteiger partial charge in [0.15, 0.2) is 0 Å². The molecule has 0 saturated heterocycles. The maximum absolute atomic E-state index is 12.4. The molecule has 20 heavy (non-hydrogen) atoms. The van der Waals surface area contributed by atoms with E-state index in [1.54, 1.807) is 0 Å². The molecule has 0 heterocycles. The average molecular weight is 284 g/mol. The van der Waals surface area contributed by atoms with Crippen molar-refractivity contribution in [3.8, 4) is 11.8 Å². The molecule has 1 rings (SSSR count). The molecule has 104 valence electrons. The summed E-state index contributed by atoms with van der Waals surface area (Å²) in [5, 5.41) is 13.9. The number of azide groups is 1. The van der Waals surface area contributed by atoms with Gasteiger partial charge in [0.2, 0.25) is 0 Å². The summed E-state index contributed by atoms with van der Waals surface area (Å²) in [5.74, 6) is 4.88. The van der Waals surface area contributed by atoms with E-state index in [1.807, 2.05) is 0 Å². The van der Waals surface area contributed by atoms with E-state index in [0.717, 1.165) is 12.1 Å². The predicted molar refractivity (Wildman–Crippen MR) is 63.6 cm³/mol. The number of nitrogens with zero attached hydrogens (tertiary/aromatic N) is 4. The third-order valence-electron chi connectivity index (χ3n) is 2.14. The van der Waals surface area contributed by atoms with Gasteiger partial charge in [0.25, 0.3) is 5.69 Å². The van der Waals surface area contributed by atoms with Crippen LogP contribution >= 0.6 is 0 Å². The number of rotatable bonds is 3. The van der Waals surface area contributed by atoms with Gasteiger partial charge < -0.3 is 0 Å². The van der Waals surface area contributed by atoms with Crippen molar-refractivity contribution >= 4 is 5.69 Å². The molecule has 0 bridgehead atoms. The lowest BCUT2D eigenvalue weighted by molar-refractivity contribution is -0.385. The van der Waals surface area contributed by atoms with Crippen LogP contribution in [0.25, 0.3) is 10.4 Å². The number of hydrogen-bond donors (Lipinski definition) is 0. The van der Waals surface area contributed by atoms with E-state index in [0.29, 0.717) is 6.07 Å². The third-order valence-corrected chi connectivity index (χ3v) is 2.14. The SMILES string of the molecule is [N-]=[N+]=NCCC#Cc1ccc(C(F)(F)F)cc1[N+](=O)[O-]. The van der Waals surface area contributed by atoms with E-state index >= 15 is 0 Å². The van der Waals surface area contributed by atoms with Crippen molar-refractivity contribution in [1.29, 1.82) is 0 Å². The Morgan fingerprint density at radius 3 is 2.70 bits per heavy atom. The van der Waals surface area contributed by atoms with Crippen molar-refractivity contribution < 1.29 is 18.1 Å². The lowest BCUT2D eigenvalue weighted by atomic mass is 10.1. The Kier molecular flexibility index (Phi) is 4.94. The molecule has 6 nitrogen and oxygen atoms in total. The van der Waals surface area contributed by atoms with E-state index < -0.39 is 22.4 Å². The van der Waals surface area contributed by atoms with Crippen LogP contribution in [0.4, 0.5) is 18.9 Å². The first-order chi connectivity index (χ1) is 9.36. The van der Waals surface area contributed by atoms with Crippen LogP contribution in [0.5, 0.6) is 0 Å². The molecular formula is C11H7F3N4O2. The Morgan fingerprint density at radius 2 is 2.15 bits per heavy atom. The molecule has 0 aromatic heterocycles. The fraction of sp³-hybridized carbons (Fsp3) is 0.273. The number of benzene rings is 1. The number of nitro benzene ring substituents is 1. The predicted octanol–water partition coefficient (Wildman–Crippen LogP) is 3.67. The highest BCUT2D eigenvalue weighted by atomic mass is 19.4. The van der Waals surface area contributed by atoms with E-state index in [2.05, 4.69) is 21.9 Å². The second-order valence-corrected chi connectivity index (χ2v) is 3.49. The Hall–Kier alpha value is -2.72. The fourth-order valence-corrected chi connectivity index (χ4v) is 1.27. The zero-order valence-electron chi connectivity index (χ0n) is 9.89. The van der Waals surface area contributed by atoms with Crippen molar-refractivity contribution in [2.75, 3.05) is 6.54 Å². The molecule has 0 fully saturated rings. The molecule has 0 aliphatic heterocycles. The molecule has 1 aromatic carbocycles. The largest absolute Gasteiger partial charge is 0.416 e. The zero-order chi connectivity index (χ0) is 15.2.